The van der Waals surface area contributed by atoms with E-state index in [1.54, 1.807) is 0 Å². The van der Waals surface area contributed by atoms with Gasteiger partial charge in [-0.15, -0.1) is 0 Å². The predicted molar refractivity (Wildman–Crippen MR) is 60.9 cm³/mol. The average molecular weight is 285 g/mol. The highest BCUT2D eigenvalue weighted by molar-refractivity contribution is 5.96. The minimum absolute atomic E-state index is 0.134. The largest absolute Gasteiger partial charge is 0.434 e. The van der Waals surface area contributed by atoms with Crippen molar-refractivity contribution in [3.63, 3.8) is 0 Å². The number of hydrogen-bond acceptors (Lipinski definition) is 3. The molecule has 2 N–H and O–H groups in total. The quantitative estimate of drug-likeness (QED) is 0.861. The molecule has 0 spiro atoms. The highest BCUT2D eigenvalue weighted by atomic mass is 19.4. The van der Waals surface area contributed by atoms with Crippen molar-refractivity contribution < 1.29 is 22.4 Å². The van der Waals surface area contributed by atoms with Crippen LogP contribution in [0.1, 0.15) is 16.2 Å². The molecule has 4 nitrogen and oxygen atoms in total. The first-order chi connectivity index (χ1) is 9.29. The molecule has 1 amide bonds. The number of aromatic nitrogens is 2. The number of carbonyl (C=O) groups is 1. The zero-order valence-corrected chi connectivity index (χ0v) is 9.78. The van der Waals surface area contributed by atoms with Crippen LogP contribution in [0, 0.1) is 5.82 Å². The SMILES string of the molecule is NC(=O)c1nc(C(F)(F)F)cnc1-c1ccc(F)cc1. The molecule has 20 heavy (non-hydrogen) atoms. The first kappa shape index (κ1) is 13.9. The lowest BCUT2D eigenvalue weighted by atomic mass is 10.1. The molecule has 0 radical (unpaired) electrons. The molecule has 0 saturated carbocycles. The van der Waals surface area contributed by atoms with E-state index in [-0.39, 0.29) is 11.3 Å². The third-order valence-electron chi connectivity index (χ3n) is 2.41. The van der Waals surface area contributed by atoms with Crippen LogP contribution >= 0.6 is 0 Å². The maximum Gasteiger partial charge on any atom is 0.434 e. The number of rotatable bonds is 2. The normalized spacial score (nSPS) is 11.4. The Balaban J connectivity index is 2.59. The summed E-state index contributed by atoms with van der Waals surface area (Å²) in [7, 11) is 0. The van der Waals surface area contributed by atoms with Gasteiger partial charge in [0.15, 0.2) is 11.4 Å². The van der Waals surface area contributed by atoms with Gasteiger partial charge in [-0.25, -0.2) is 9.37 Å². The Morgan fingerprint density at radius 3 is 2.25 bits per heavy atom. The molecule has 0 saturated heterocycles. The Morgan fingerprint density at radius 2 is 1.75 bits per heavy atom. The molecule has 0 unspecified atom stereocenters. The average Bonchev–Trinajstić information content (AvgIpc) is 2.38. The molecule has 2 aromatic rings. The third kappa shape index (κ3) is 2.73. The number of nitrogens with two attached hydrogens (primary N) is 1. The zero-order chi connectivity index (χ0) is 14.9. The molecule has 2 rings (SSSR count). The maximum atomic E-state index is 12.8. The monoisotopic (exact) mass is 285 g/mol. The van der Waals surface area contributed by atoms with Crippen LogP contribution in [-0.2, 0) is 6.18 Å². The smallest absolute Gasteiger partial charge is 0.364 e. The van der Waals surface area contributed by atoms with Crippen LogP contribution in [0.25, 0.3) is 11.3 Å². The summed E-state index contributed by atoms with van der Waals surface area (Å²) in [4.78, 5) is 18.0. The second-order valence-electron chi connectivity index (χ2n) is 3.82. The number of benzene rings is 1. The van der Waals surface area contributed by atoms with Crippen LogP contribution in [0.15, 0.2) is 30.5 Å². The number of primary amides is 1. The lowest BCUT2D eigenvalue weighted by Gasteiger charge is -2.09. The second kappa shape index (κ2) is 4.87. The van der Waals surface area contributed by atoms with Crippen molar-refractivity contribution in [2.75, 3.05) is 0 Å². The van der Waals surface area contributed by atoms with Gasteiger partial charge >= 0.3 is 6.18 Å². The highest BCUT2D eigenvalue weighted by Crippen LogP contribution is 2.29. The summed E-state index contributed by atoms with van der Waals surface area (Å²) in [5.74, 6) is -1.68. The molecule has 0 aliphatic heterocycles. The van der Waals surface area contributed by atoms with Gasteiger partial charge in [-0.05, 0) is 24.3 Å². The van der Waals surface area contributed by atoms with Gasteiger partial charge in [0, 0.05) is 5.56 Å². The molecule has 0 bridgehead atoms. The Kier molecular flexibility index (Phi) is 3.39. The number of nitrogens with zero attached hydrogens (tertiary/aromatic N) is 2. The predicted octanol–water partition coefficient (Wildman–Crippen LogP) is 2.40. The van der Waals surface area contributed by atoms with Gasteiger partial charge in [0.25, 0.3) is 5.91 Å². The zero-order valence-electron chi connectivity index (χ0n) is 9.78. The van der Waals surface area contributed by atoms with E-state index in [1.165, 1.54) is 12.1 Å². The van der Waals surface area contributed by atoms with Crippen LogP contribution in [0.3, 0.4) is 0 Å². The van der Waals surface area contributed by atoms with E-state index in [1.807, 2.05) is 0 Å². The molecule has 1 heterocycles. The molecule has 1 aromatic carbocycles. The first-order valence-electron chi connectivity index (χ1n) is 5.29. The van der Waals surface area contributed by atoms with E-state index in [4.69, 9.17) is 5.73 Å². The van der Waals surface area contributed by atoms with E-state index in [0.29, 0.717) is 6.20 Å². The van der Waals surface area contributed by atoms with Gasteiger partial charge in [0.05, 0.1) is 6.20 Å². The number of amides is 1. The molecular weight excluding hydrogens is 278 g/mol. The van der Waals surface area contributed by atoms with Crippen LogP contribution in [0.4, 0.5) is 17.6 Å². The van der Waals surface area contributed by atoms with Crippen LogP contribution in [0.5, 0.6) is 0 Å². The summed E-state index contributed by atoms with van der Waals surface area (Å²) in [6.07, 6.45) is -4.25. The van der Waals surface area contributed by atoms with Gasteiger partial charge in [0.1, 0.15) is 11.5 Å². The summed E-state index contributed by atoms with van der Waals surface area (Å²) < 4.78 is 50.3. The minimum atomic E-state index is -4.74. The number of carbonyl (C=O) groups excluding carboxylic acids is 1. The number of halogens is 4. The van der Waals surface area contributed by atoms with Crippen molar-refractivity contribution in [3.05, 3.63) is 47.7 Å². The topological polar surface area (TPSA) is 68.9 Å². The molecule has 104 valence electrons. The standard InChI is InChI=1S/C12H7F4N3O/c13-7-3-1-6(2-4-7)9-10(11(17)20)19-8(5-18-9)12(14,15)16/h1-5H,(H2,17,20). The lowest BCUT2D eigenvalue weighted by Crippen LogP contribution is -2.19. The summed E-state index contributed by atoms with van der Waals surface area (Å²) in [5.41, 5.74) is 3.17. The maximum absolute atomic E-state index is 12.8. The minimum Gasteiger partial charge on any atom is -0.364 e. The van der Waals surface area contributed by atoms with Crippen molar-refractivity contribution in [1.29, 1.82) is 0 Å². The van der Waals surface area contributed by atoms with Crippen molar-refractivity contribution in [3.8, 4) is 11.3 Å². The first-order valence-corrected chi connectivity index (χ1v) is 5.29. The van der Waals surface area contributed by atoms with Crippen molar-refractivity contribution in [2.24, 2.45) is 5.73 Å². The van der Waals surface area contributed by atoms with Gasteiger partial charge in [-0.1, -0.05) is 0 Å². The summed E-state index contributed by atoms with van der Waals surface area (Å²) in [5, 5.41) is 0. The van der Waals surface area contributed by atoms with E-state index in [9.17, 15) is 22.4 Å². The van der Waals surface area contributed by atoms with E-state index in [2.05, 4.69) is 9.97 Å². The van der Waals surface area contributed by atoms with Crippen LogP contribution in [0.2, 0.25) is 0 Å². The molecule has 8 heteroatoms. The molecule has 1 aromatic heterocycles. The highest BCUT2D eigenvalue weighted by Gasteiger charge is 2.34. The Bertz CT molecular complexity index is 653. The van der Waals surface area contributed by atoms with Crippen molar-refractivity contribution in [2.45, 2.75) is 6.18 Å². The fraction of sp³-hybridized carbons (Fsp3) is 0.0833. The van der Waals surface area contributed by atoms with E-state index < -0.39 is 29.3 Å². The van der Waals surface area contributed by atoms with E-state index in [0.717, 1.165) is 12.1 Å². The number of alkyl halides is 3. The Hall–Kier alpha value is -2.51. The molecule has 0 atom stereocenters. The fourth-order valence-electron chi connectivity index (χ4n) is 1.52. The molecule has 0 aliphatic rings. The summed E-state index contributed by atoms with van der Waals surface area (Å²) in [6.45, 7) is 0. The lowest BCUT2D eigenvalue weighted by molar-refractivity contribution is -0.141. The van der Waals surface area contributed by atoms with Crippen molar-refractivity contribution >= 4 is 5.91 Å². The van der Waals surface area contributed by atoms with Gasteiger partial charge in [-0.3, -0.25) is 9.78 Å². The van der Waals surface area contributed by atoms with Crippen LogP contribution < -0.4 is 5.73 Å². The molecule has 0 fully saturated rings. The third-order valence-corrected chi connectivity index (χ3v) is 2.41. The van der Waals surface area contributed by atoms with Gasteiger partial charge in [0.2, 0.25) is 0 Å². The van der Waals surface area contributed by atoms with Gasteiger partial charge < -0.3 is 5.73 Å². The number of hydrogen-bond donors (Lipinski definition) is 1. The summed E-state index contributed by atoms with van der Waals surface area (Å²) >= 11 is 0. The van der Waals surface area contributed by atoms with E-state index >= 15 is 0 Å². The fourth-order valence-corrected chi connectivity index (χ4v) is 1.52. The Labute approximate surface area is 110 Å². The Morgan fingerprint density at radius 1 is 1.15 bits per heavy atom. The van der Waals surface area contributed by atoms with Crippen molar-refractivity contribution in [1.82, 2.24) is 9.97 Å². The van der Waals surface area contributed by atoms with Gasteiger partial charge in [-0.2, -0.15) is 13.2 Å². The van der Waals surface area contributed by atoms with Crippen LogP contribution in [-0.4, -0.2) is 15.9 Å². The molecule has 0 aliphatic carbocycles. The molecular formula is C12H7F4N3O. The summed E-state index contributed by atoms with van der Waals surface area (Å²) in [6, 6.07) is 4.69. The second-order valence-corrected chi connectivity index (χ2v) is 3.82.